The van der Waals surface area contributed by atoms with Gasteiger partial charge in [-0.1, -0.05) is 4.85 Å². The third kappa shape index (κ3) is 5.81. The molecule has 0 amide bonds. The number of methoxy groups -OCH3 is 3. The van der Waals surface area contributed by atoms with E-state index in [1.165, 1.54) is 0 Å². The minimum absolute atomic E-state index is 0.267. The van der Waals surface area contributed by atoms with Gasteiger partial charge in [0, 0.05) is 17.3 Å². The van der Waals surface area contributed by atoms with Gasteiger partial charge < -0.3 is 24.3 Å². The Kier molecular flexibility index (Phi) is 7.97. The Balaban J connectivity index is 2.15. The highest BCUT2D eigenvalue weighted by atomic mass is 16.5. The molecule has 0 saturated carbocycles. The fraction of sp³-hybridized carbons (Fsp3) is 0.333. The number of nitrogens with zero attached hydrogens (tertiary/aromatic N) is 1. The van der Waals surface area contributed by atoms with Crippen molar-refractivity contribution in [2.24, 2.45) is 0 Å². The van der Waals surface area contributed by atoms with Gasteiger partial charge in [-0.25, -0.2) is 4.79 Å². The topological polar surface area (TPSA) is 70.4 Å². The summed E-state index contributed by atoms with van der Waals surface area (Å²) in [5, 5.41) is 3.06. The van der Waals surface area contributed by atoms with Crippen molar-refractivity contribution < 1.29 is 23.7 Å². The molecule has 0 aliphatic heterocycles. The van der Waals surface area contributed by atoms with Crippen LogP contribution in [-0.4, -0.2) is 39.9 Å². The zero-order valence-corrected chi connectivity index (χ0v) is 16.5. The van der Waals surface area contributed by atoms with Crippen molar-refractivity contribution in [1.29, 1.82) is 0 Å². The number of hydrogen-bond acceptors (Lipinski definition) is 6. The zero-order valence-electron chi connectivity index (χ0n) is 16.5. The van der Waals surface area contributed by atoms with E-state index in [0.29, 0.717) is 23.7 Å². The first kappa shape index (κ1) is 20.9. The Morgan fingerprint density at radius 2 is 1.75 bits per heavy atom. The fourth-order valence-corrected chi connectivity index (χ4v) is 2.42. The van der Waals surface area contributed by atoms with E-state index < -0.39 is 12.0 Å². The van der Waals surface area contributed by atoms with E-state index in [1.807, 2.05) is 24.3 Å². The van der Waals surface area contributed by atoms with E-state index in [-0.39, 0.29) is 6.61 Å². The fourth-order valence-electron chi connectivity index (χ4n) is 2.42. The van der Waals surface area contributed by atoms with Gasteiger partial charge in [0.05, 0.1) is 27.9 Å². The van der Waals surface area contributed by atoms with Crippen LogP contribution in [0.15, 0.2) is 42.5 Å². The third-order valence-corrected chi connectivity index (χ3v) is 3.86. The Bertz CT molecular complexity index is 840. The van der Waals surface area contributed by atoms with Crippen LogP contribution in [0, 0.1) is 6.07 Å². The number of rotatable bonds is 8. The molecule has 0 saturated heterocycles. The van der Waals surface area contributed by atoms with E-state index in [2.05, 4.69) is 16.2 Å². The van der Waals surface area contributed by atoms with E-state index in [9.17, 15) is 4.79 Å². The summed E-state index contributed by atoms with van der Waals surface area (Å²) in [6.07, 6.45) is 0. The Morgan fingerprint density at radius 3 is 2.36 bits per heavy atom. The van der Waals surface area contributed by atoms with Crippen LogP contribution in [0.3, 0.4) is 0 Å². The summed E-state index contributed by atoms with van der Waals surface area (Å²) in [5.74, 6) is 1.45. The van der Waals surface area contributed by atoms with Crippen molar-refractivity contribution in [3.05, 3.63) is 52.9 Å². The highest BCUT2D eigenvalue weighted by Gasteiger charge is 2.24. The van der Waals surface area contributed by atoms with Crippen LogP contribution in [-0.2, 0) is 16.1 Å². The van der Waals surface area contributed by atoms with Gasteiger partial charge in [0.25, 0.3) is 12.6 Å². The molecule has 28 heavy (non-hydrogen) atoms. The number of nitrogens with one attached hydrogen (secondary N) is 1. The van der Waals surface area contributed by atoms with Gasteiger partial charge in [-0.15, -0.1) is 0 Å². The lowest BCUT2D eigenvalue weighted by atomic mass is 10.2. The van der Waals surface area contributed by atoms with Crippen molar-refractivity contribution in [1.82, 2.24) is 0 Å². The van der Waals surface area contributed by atoms with Crippen LogP contribution in [0.4, 0.5) is 5.69 Å². The van der Waals surface area contributed by atoms with Gasteiger partial charge in [0.15, 0.2) is 11.5 Å². The molecule has 0 aromatic heterocycles. The molecule has 0 aliphatic carbocycles. The van der Waals surface area contributed by atoms with Gasteiger partial charge in [-0.3, -0.25) is 0 Å². The molecular weight excluding hydrogens is 360 g/mol. The summed E-state index contributed by atoms with van der Waals surface area (Å²) in [4.78, 5) is 16.5. The third-order valence-electron chi connectivity index (χ3n) is 3.86. The van der Waals surface area contributed by atoms with Crippen LogP contribution in [0.25, 0.3) is 4.85 Å². The standard InChI is InChI=1S/C21H25N2O5/c1-5-28-21(24)18(14-22-13-15-6-9-17(25-2)10-7-15)23-16-8-11-19(26-3)20(12-16)27-4/h6-12,18,23H,5,13H2,1-4H3/q+1. The van der Waals surface area contributed by atoms with Crippen LogP contribution < -0.4 is 19.5 Å². The number of ether oxygens (including phenoxy) is 4. The molecule has 1 N–H and O–H groups in total. The molecule has 1 unspecified atom stereocenters. The minimum atomic E-state index is -0.851. The molecule has 0 fully saturated rings. The highest BCUT2D eigenvalue weighted by molar-refractivity contribution is 5.83. The lowest BCUT2D eigenvalue weighted by Crippen LogP contribution is -2.29. The van der Waals surface area contributed by atoms with Crippen LogP contribution in [0.2, 0.25) is 0 Å². The molecule has 148 valence electrons. The molecule has 0 heterocycles. The van der Waals surface area contributed by atoms with Crippen molar-refractivity contribution in [2.75, 3.05) is 33.3 Å². The lowest BCUT2D eigenvalue weighted by molar-refractivity contribution is -0.142. The van der Waals surface area contributed by atoms with Gasteiger partial charge in [-0.2, -0.15) is 0 Å². The first-order valence-electron chi connectivity index (χ1n) is 8.81. The van der Waals surface area contributed by atoms with Crippen LogP contribution >= 0.6 is 0 Å². The molecule has 7 heteroatoms. The van der Waals surface area contributed by atoms with E-state index in [1.54, 1.807) is 46.5 Å². The average Bonchev–Trinajstić information content (AvgIpc) is 2.73. The van der Waals surface area contributed by atoms with Gasteiger partial charge >= 0.3 is 12.0 Å². The maximum Gasteiger partial charge on any atom is 0.348 e. The molecule has 2 rings (SSSR count). The summed E-state index contributed by atoms with van der Waals surface area (Å²) in [7, 11) is 4.73. The summed E-state index contributed by atoms with van der Waals surface area (Å²) in [6, 6.07) is 14.8. The van der Waals surface area contributed by atoms with Crippen molar-refractivity contribution >= 4 is 11.7 Å². The number of hydrogen-bond donors (Lipinski definition) is 1. The van der Waals surface area contributed by atoms with Gasteiger partial charge in [0.2, 0.25) is 0 Å². The molecule has 0 radical (unpaired) electrons. The molecule has 2 aromatic rings. The summed E-state index contributed by atoms with van der Waals surface area (Å²) < 4.78 is 20.8. The number of carbonyl (C=O) groups excluding carboxylic acids is 1. The zero-order chi connectivity index (χ0) is 20.4. The Hall–Kier alpha value is -3.40. The number of benzene rings is 2. The van der Waals surface area contributed by atoms with E-state index in [0.717, 1.165) is 11.3 Å². The first-order valence-corrected chi connectivity index (χ1v) is 8.81. The van der Waals surface area contributed by atoms with Crippen LogP contribution in [0.1, 0.15) is 12.5 Å². The molecular formula is C21H25N2O5+. The highest BCUT2D eigenvalue weighted by Crippen LogP contribution is 2.30. The summed E-state index contributed by atoms with van der Waals surface area (Å²) >= 11 is 0. The molecule has 0 aliphatic rings. The average molecular weight is 385 g/mol. The molecule has 7 nitrogen and oxygen atoms in total. The van der Waals surface area contributed by atoms with Crippen molar-refractivity contribution in [2.45, 2.75) is 19.5 Å². The quantitative estimate of drug-likeness (QED) is 0.701. The second kappa shape index (κ2) is 10.7. The molecule has 2 aromatic carbocycles. The SMILES string of the molecule is CCOC(=O)C(C#[N+]Cc1ccc(OC)cc1)Nc1ccc(OC)c(OC)c1. The molecule has 0 spiro atoms. The van der Waals surface area contributed by atoms with Crippen LogP contribution in [0.5, 0.6) is 17.2 Å². The van der Waals surface area contributed by atoms with Crippen molar-refractivity contribution in [3.8, 4) is 23.3 Å². The second-order valence-corrected chi connectivity index (χ2v) is 5.69. The first-order chi connectivity index (χ1) is 13.6. The van der Waals surface area contributed by atoms with Crippen molar-refractivity contribution in [3.63, 3.8) is 0 Å². The minimum Gasteiger partial charge on any atom is -0.497 e. The maximum atomic E-state index is 12.3. The Morgan fingerprint density at radius 1 is 1.04 bits per heavy atom. The summed E-state index contributed by atoms with van der Waals surface area (Å²) in [5.41, 5.74) is 1.63. The largest absolute Gasteiger partial charge is 0.497 e. The Labute approximate surface area is 165 Å². The smallest absolute Gasteiger partial charge is 0.348 e. The predicted octanol–water partition coefficient (Wildman–Crippen LogP) is 3.59. The predicted molar refractivity (Wildman–Crippen MR) is 108 cm³/mol. The lowest BCUT2D eigenvalue weighted by Gasteiger charge is -2.13. The second-order valence-electron chi connectivity index (χ2n) is 5.69. The summed E-state index contributed by atoms with van der Waals surface area (Å²) in [6.45, 7) is 2.40. The maximum absolute atomic E-state index is 12.3. The number of carbonyl (C=O) groups is 1. The number of anilines is 1. The molecule has 1 atom stereocenters. The van der Waals surface area contributed by atoms with Gasteiger partial charge in [0.1, 0.15) is 5.75 Å². The normalized spacial score (nSPS) is 10.9. The van der Waals surface area contributed by atoms with E-state index >= 15 is 0 Å². The molecule has 0 bridgehead atoms. The monoisotopic (exact) mass is 385 g/mol. The van der Waals surface area contributed by atoms with E-state index in [4.69, 9.17) is 18.9 Å². The van der Waals surface area contributed by atoms with Gasteiger partial charge in [-0.05, 0) is 43.3 Å². The number of esters is 1.